The molecule has 0 fully saturated rings. The zero-order valence-corrected chi connectivity index (χ0v) is 15.5. The van der Waals surface area contributed by atoms with Crippen LogP contribution in [0.4, 0.5) is 5.69 Å². The van der Waals surface area contributed by atoms with Gasteiger partial charge in [0.05, 0.1) is 20.6 Å². The zero-order valence-electron chi connectivity index (χ0n) is 13.2. The summed E-state index contributed by atoms with van der Waals surface area (Å²) in [5, 5.41) is 9.71. The van der Waals surface area contributed by atoms with E-state index in [4.69, 9.17) is 23.2 Å². The van der Waals surface area contributed by atoms with E-state index in [-0.39, 0.29) is 26.4 Å². The van der Waals surface area contributed by atoms with Gasteiger partial charge < -0.3 is 5.11 Å². The van der Waals surface area contributed by atoms with Gasteiger partial charge in [0.25, 0.3) is 10.0 Å². The van der Waals surface area contributed by atoms with Gasteiger partial charge in [0.15, 0.2) is 5.75 Å². The highest BCUT2D eigenvalue weighted by Gasteiger charge is 2.22. The minimum atomic E-state index is -3.81. The van der Waals surface area contributed by atoms with Gasteiger partial charge in [-0.15, -0.1) is 0 Å². The average Bonchev–Trinajstić information content (AvgIpc) is 2.40. The minimum Gasteiger partial charge on any atom is -0.505 e. The van der Waals surface area contributed by atoms with E-state index in [0.29, 0.717) is 16.7 Å². The van der Waals surface area contributed by atoms with Crippen molar-refractivity contribution in [3.63, 3.8) is 0 Å². The van der Waals surface area contributed by atoms with Gasteiger partial charge >= 0.3 is 0 Å². The normalized spacial score (nSPS) is 11.6. The zero-order chi connectivity index (χ0) is 17.5. The Morgan fingerprint density at radius 1 is 1.00 bits per heavy atom. The lowest BCUT2D eigenvalue weighted by Crippen LogP contribution is -2.16. The molecule has 2 rings (SSSR count). The third-order valence-corrected chi connectivity index (χ3v) is 5.98. The summed E-state index contributed by atoms with van der Waals surface area (Å²) in [7, 11) is -3.81. The first kappa shape index (κ1) is 17.9. The summed E-state index contributed by atoms with van der Waals surface area (Å²) in [6.07, 6.45) is 0. The number of hydrogen-bond donors (Lipinski definition) is 2. The number of anilines is 1. The quantitative estimate of drug-likeness (QED) is 0.763. The molecule has 0 aliphatic carbocycles. The maximum atomic E-state index is 12.8. The van der Waals surface area contributed by atoms with Gasteiger partial charge in [0.1, 0.15) is 0 Å². The van der Waals surface area contributed by atoms with Crippen LogP contribution in [-0.2, 0) is 10.0 Å². The second-order valence-electron chi connectivity index (χ2n) is 5.53. The monoisotopic (exact) mass is 373 g/mol. The van der Waals surface area contributed by atoms with Crippen LogP contribution in [-0.4, -0.2) is 13.5 Å². The van der Waals surface area contributed by atoms with Crippen molar-refractivity contribution in [2.75, 3.05) is 4.72 Å². The number of nitrogens with one attached hydrogen (secondary N) is 1. The number of phenols is 1. The number of sulfonamides is 1. The van der Waals surface area contributed by atoms with Crippen molar-refractivity contribution >= 4 is 38.9 Å². The molecule has 4 nitrogen and oxygen atoms in total. The number of rotatable bonds is 3. The Morgan fingerprint density at radius 3 is 2.04 bits per heavy atom. The minimum absolute atomic E-state index is 0.0179. The first-order valence-corrected chi connectivity index (χ1v) is 9.06. The molecule has 2 aromatic carbocycles. The van der Waals surface area contributed by atoms with Gasteiger partial charge in [-0.2, -0.15) is 0 Å². The molecule has 0 aromatic heterocycles. The van der Waals surface area contributed by atoms with Crippen molar-refractivity contribution < 1.29 is 13.5 Å². The molecule has 0 unspecified atom stereocenters. The first-order valence-electron chi connectivity index (χ1n) is 6.83. The predicted molar refractivity (Wildman–Crippen MR) is 94.3 cm³/mol. The Balaban J connectivity index is 2.57. The molecule has 0 heterocycles. The molecule has 0 radical (unpaired) electrons. The van der Waals surface area contributed by atoms with Crippen LogP contribution < -0.4 is 4.72 Å². The van der Waals surface area contributed by atoms with E-state index < -0.39 is 10.0 Å². The van der Waals surface area contributed by atoms with E-state index in [1.165, 1.54) is 6.07 Å². The standard InChI is InChI=1S/C16H17Cl2NO3S/c1-8-5-9(2)16(10(3)6-8)23(21,22)19-13-7-12(17)15(20)14(18)11(13)4/h5-7,19-20H,1-4H3. The first-order chi connectivity index (χ1) is 10.5. The van der Waals surface area contributed by atoms with Gasteiger partial charge in [0.2, 0.25) is 0 Å². The summed E-state index contributed by atoms with van der Waals surface area (Å²) in [5.41, 5.74) is 2.94. The van der Waals surface area contributed by atoms with E-state index in [0.717, 1.165) is 5.56 Å². The highest BCUT2D eigenvalue weighted by molar-refractivity contribution is 7.92. The van der Waals surface area contributed by atoms with Crippen molar-refractivity contribution in [1.82, 2.24) is 0 Å². The van der Waals surface area contributed by atoms with Crippen molar-refractivity contribution in [2.24, 2.45) is 0 Å². The lowest BCUT2D eigenvalue weighted by Gasteiger charge is -2.16. The van der Waals surface area contributed by atoms with Gasteiger partial charge in [-0.3, -0.25) is 4.72 Å². The van der Waals surface area contributed by atoms with E-state index in [9.17, 15) is 13.5 Å². The topological polar surface area (TPSA) is 66.4 Å². The Hall–Kier alpha value is -1.43. The predicted octanol–water partition coefficient (Wildman–Crippen LogP) is 4.73. The summed E-state index contributed by atoms with van der Waals surface area (Å²) in [4.78, 5) is 0.225. The Morgan fingerprint density at radius 2 is 1.52 bits per heavy atom. The van der Waals surface area contributed by atoms with Crippen LogP contribution in [0.3, 0.4) is 0 Å². The van der Waals surface area contributed by atoms with Crippen LogP contribution in [0.2, 0.25) is 10.0 Å². The maximum absolute atomic E-state index is 12.8. The molecule has 2 N–H and O–H groups in total. The van der Waals surface area contributed by atoms with Crippen LogP contribution in [0.1, 0.15) is 22.3 Å². The fourth-order valence-electron chi connectivity index (χ4n) is 2.60. The van der Waals surface area contributed by atoms with Crippen LogP contribution in [0.5, 0.6) is 5.75 Å². The molecule has 0 aliphatic heterocycles. The summed E-state index contributed by atoms with van der Waals surface area (Å²) in [5.74, 6) is -0.267. The largest absolute Gasteiger partial charge is 0.505 e. The molecule has 0 saturated carbocycles. The molecule has 0 amide bonds. The summed E-state index contributed by atoms with van der Waals surface area (Å²) in [6.45, 7) is 7.01. The summed E-state index contributed by atoms with van der Waals surface area (Å²) < 4.78 is 28.0. The second kappa shape index (κ2) is 6.23. The summed E-state index contributed by atoms with van der Waals surface area (Å²) in [6, 6.07) is 4.96. The van der Waals surface area contributed by atoms with Crippen molar-refractivity contribution in [1.29, 1.82) is 0 Å². The van der Waals surface area contributed by atoms with E-state index >= 15 is 0 Å². The Bertz CT molecular complexity index is 870. The molecular weight excluding hydrogens is 357 g/mol. The van der Waals surface area contributed by atoms with E-state index in [1.807, 2.05) is 19.1 Å². The molecule has 23 heavy (non-hydrogen) atoms. The van der Waals surface area contributed by atoms with Gasteiger partial charge in [-0.25, -0.2) is 8.42 Å². The molecule has 2 aromatic rings. The third kappa shape index (κ3) is 3.42. The highest BCUT2D eigenvalue weighted by atomic mass is 35.5. The SMILES string of the molecule is Cc1cc(C)c(S(=O)(=O)Nc2cc(Cl)c(O)c(Cl)c2C)c(C)c1. The Kier molecular flexibility index (Phi) is 4.85. The van der Waals surface area contributed by atoms with Gasteiger partial charge in [-0.1, -0.05) is 40.9 Å². The molecule has 124 valence electrons. The molecular formula is C16H17Cl2NO3S. The maximum Gasteiger partial charge on any atom is 0.262 e. The molecule has 0 atom stereocenters. The van der Waals surface area contributed by atoms with Gasteiger partial charge in [-0.05, 0) is 50.5 Å². The number of benzene rings is 2. The van der Waals surface area contributed by atoms with Crippen molar-refractivity contribution in [3.05, 3.63) is 50.5 Å². The van der Waals surface area contributed by atoms with Crippen LogP contribution >= 0.6 is 23.2 Å². The average molecular weight is 374 g/mol. The van der Waals surface area contributed by atoms with Crippen LogP contribution in [0.25, 0.3) is 0 Å². The number of hydrogen-bond acceptors (Lipinski definition) is 3. The second-order valence-corrected chi connectivity index (χ2v) is 7.93. The molecule has 0 aliphatic rings. The Labute approximate surface area is 146 Å². The number of halogens is 2. The van der Waals surface area contributed by atoms with E-state index in [2.05, 4.69) is 4.72 Å². The van der Waals surface area contributed by atoms with Gasteiger partial charge in [0, 0.05) is 0 Å². The molecule has 0 spiro atoms. The van der Waals surface area contributed by atoms with E-state index in [1.54, 1.807) is 20.8 Å². The third-order valence-electron chi connectivity index (χ3n) is 3.56. The van der Waals surface area contributed by atoms with Crippen LogP contribution in [0, 0.1) is 27.7 Å². The highest BCUT2D eigenvalue weighted by Crippen LogP contribution is 2.39. The number of aryl methyl sites for hydroxylation is 3. The van der Waals surface area contributed by atoms with Crippen LogP contribution in [0.15, 0.2) is 23.1 Å². The fourth-order valence-corrected chi connectivity index (χ4v) is 4.62. The number of phenolic OH excluding ortho intramolecular Hbond substituents is 1. The fraction of sp³-hybridized carbons (Fsp3) is 0.250. The lowest BCUT2D eigenvalue weighted by atomic mass is 10.1. The number of aromatic hydroxyl groups is 1. The summed E-state index contributed by atoms with van der Waals surface area (Å²) >= 11 is 11.9. The smallest absolute Gasteiger partial charge is 0.262 e. The van der Waals surface area contributed by atoms with Crippen molar-refractivity contribution in [3.8, 4) is 5.75 Å². The molecule has 7 heteroatoms. The lowest BCUT2D eigenvalue weighted by molar-refractivity contribution is 0.475. The van der Waals surface area contributed by atoms with Crippen molar-refractivity contribution in [2.45, 2.75) is 32.6 Å². The molecule has 0 saturated heterocycles. The molecule has 0 bridgehead atoms.